The van der Waals surface area contributed by atoms with E-state index in [1.54, 1.807) is 15.9 Å². The van der Waals surface area contributed by atoms with E-state index in [0.29, 0.717) is 26.2 Å². The molecule has 0 spiro atoms. The van der Waals surface area contributed by atoms with Gasteiger partial charge in [-0.15, -0.1) is 0 Å². The lowest BCUT2D eigenvalue weighted by Crippen LogP contribution is -2.52. The van der Waals surface area contributed by atoms with Crippen molar-refractivity contribution in [1.29, 1.82) is 0 Å². The highest BCUT2D eigenvalue weighted by Crippen LogP contribution is 2.32. The number of rotatable bonds is 2. The highest BCUT2D eigenvalue weighted by molar-refractivity contribution is 5.77. The Morgan fingerprint density at radius 3 is 2.95 bits per heavy atom. The van der Waals surface area contributed by atoms with Gasteiger partial charge >= 0.3 is 11.7 Å². The smallest absolute Gasteiger partial charge is 0.327 e. The first kappa shape index (κ1) is 12.6. The van der Waals surface area contributed by atoms with Crippen LogP contribution in [-0.4, -0.2) is 48.1 Å². The normalized spacial score (nSPS) is 21.6. The zero-order chi connectivity index (χ0) is 14.3. The van der Waals surface area contributed by atoms with E-state index in [9.17, 15) is 19.3 Å². The summed E-state index contributed by atoms with van der Waals surface area (Å²) in [5.74, 6) is -0.837. The van der Waals surface area contributed by atoms with Crippen LogP contribution in [0, 0.1) is 15.9 Å². The number of nitrogens with one attached hydrogen (secondary N) is 1. The van der Waals surface area contributed by atoms with Gasteiger partial charge in [0, 0.05) is 26.2 Å². The van der Waals surface area contributed by atoms with E-state index in [1.165, 1.54) is 6.07 Å². The molecule has 2 aliphatic heterocycles. The summed E-state index contributed by atoms with van der Waals surface area (Å²) in [5, 5.41) is 13.8. The standard InChI is InChI=1S/C12H13FN4O3/c13-9-2-1-3-10(11(9)17(19)20)15-4-5-16-8(7-15)6-14-12(16)18/h1-3,8H,4-7H2,(H,14,18). The van der Waals surface area contributed by atoms with Crippen LogP contribution in [0.1, 0.15) is 0 Å². The number of piperazine rings is 1. The van der Waals surface area contributed by atoms with Crippen LogP contribution in [0.4, 0.5) is 20.6 Å². The van der Waals surface area contributed by atoms with E-state index in [0.717, 1.165) is 6.07 Å². The number of hydrogen-bond donors (Lipinski definition) is 1. The third-order valence-corrected chi connectivity index (χ3v) is 3.72. The minimum atomic E-state index is -0.837. The molecule has 2 aliphatic rings. The molecule has 8 heteroatoms. The molecular formula is C12H13FN4O3. The fourth-order valence-electron chi connectivity index (χ4n) is 2.76. The summed E-state index contributed by atoms with van der Waals surface area (Å²) in [6.07, 6.45) is 0. The fourth-order valence-corrected chi connectivity index (χ4v) is 2.76. The topological polar surface area (TPSA) is 78.7 Å². The first-order valence-corrected chi connectivity index (χ1v) is 6.30. The average Bonchev–Trinajstić information content (AvgIpc) is 2.79. The van der Waals surface area contributed by atoms with Crippen LogP contribution in [0.25, 0.3) is 0 Å². The number of nitrogens with zero attached hydrogens (tertiary/aromatic N) is 3. The second-order valence-corrected chi connectivity index (χ2v) is 4.84. The second kappa shape index (κ2) is 4.62. The second-order valence-electron chi connectivity index (χ2n) is 4.84. The molecule has 7 nitrogen and oxygen atoms in total. The highest BCUT2D eigenvalue weighted by Gasteiger charge is 2.37. The summed E-state index contributed by atoms with van der Waals surface area (Å²) in [6, 6.07) is 3.95. The van der Waals surface area contributed by atoms with Crippen LogP contribution < -0.4 is 10.2 Å². The number of anilines is 1. The number of fused-ring (bicyclic) bond motifs is 1. The van der Waals surface area contributed by atoms with Gasteiger partial charge in [0.25, 0.3) is 0 Å². The van der Waals surface area contributed by atoms with Gasteiger partial charge in [0.1, 0.15) is 5.69 Å². The number of nitro groups is 1. The quantitative estimate of drug-likeness (QED) is 0.646. The van der Waals surface area contributed by atoms with E-state index in [1.807, 2.05) is 0 Å². The minimum Gasteiger partial charge on any atom is -0.362 e. The predicted molar refractivity (Wildman–Crippen MR) is 69.2 cm³/mol. The van der Waals surface area contributed by atoms with Crippen LogP contribution in [0.2, 0.25) is 0 Å². The average molecular weight is 280 g/mol. The van der Waals surface area contributed by atoms with Crippen LogP contribution in [0.5, 0.6) is 0 Å². The summed E-state index contributed by atoms with van der Waals surface area (Å²) in [6.45, 7) is 1.90. The van der Waals surface area contributed by atoms with Crippen LogP contribution in [0.15, 0.2) is 18.2 Å². The predicted octanol–water partition coefficient (Wildman–Crippen LogP) is 0.948. The molecule has 106 valence electrons. The lowest BCUT2D eigenvalue weighted by Gasteiger charge is -2.37. The van der Waals surface area contributed by atoms with Crippen LogP contribution in [-0.2, 0) is 0 Å². The van der Waals surface area contributed by atoms with Crippen molar-refractivity contribution < 1.29 is 14.1 Å². The van der Waals surface area contributed by atoms with Crippen molar-refractivity contribution in [3.63, 3.8) is 0 Å². The van der Waals surface area contributed by atoms with E-state index in [-0.39, 0.29) is 17.8 Å². The summed E-state index contributed by atoms with van der Waals surface area (Å²) >= 11 is 0. The maximum atomic E-state index is 13.6. The van der Waals surface area contributed by atoms with Gasteiger partial charge < -0.3 is 15.1 Å². The largest absolute Gasteiger partial charge is 0.362 e. The minimum absolute atomic E-state index is 0.0286. The summed E-state index contributed by atoms with van der Waals surface area (Å²) in [5.41, 5.74) is -0.229. The number of carbonyl (C=O) groups excluding carboxylic acids is 1. The molecule has 1 aromatic rings. The number of amides is 2. The van der Waals surface area contributed by atoms with Crippen molar-refractivity contribution in [3.05, 3.63) is 34.1 Å². The van der Waals surface area contributed by atoms with Gasteiger partial charge in [-0.3, -0.25) is 10.1 Å². The Hall–Kier alpha value is -2.38. The molecule has 0 bridgehead atoms. The fraction of sp³-hybridized carbons (Fsp3) is 0.417. The van der Waals surface area contributed by atoms with Gasteiger partial charge in [0.15, 0.2) is 0 Å². The molecule has 2 heterocycles. The van der Waals surface area contributed by atoms with Gasteiger partial charge in [0.2, 0.25) is 5.82 Å². The molecule has 2 fully saturated rings. The maximum Gasteiger partial charge on any atom is 0.327 e. The summed E-state index contributed by atoms with van der Waals surface area (Å²) in [4.78, 5) is 25.3. The van der Waals surface area contributed by atoms with E-state index in [4.69, 9.17) is 0 Å². The number of benzene rings is 1. The highest BCUT2D eigenvalue weighted by atomic mass is 19.1. The third-order valence-electron chi connectivity index (χ3n) is 3.72. The Morgan fingerprint density at radius 1 is 1.40 bits per heavy atom. The Labute approximate surface area is 114 Å². The number of hydrogen-bond acceptors (Lipinski definition) is 4. The SMILES string of the molecule is O=C1NCC2CN(c3cccc(F)c3[N+](=O)[O-])CCN12. The van der Waals surface area contributed by atoms with E-state index >= 15 is 0 Å². The molecule has 2 amide bonds. The monoisotopic (exact) mass is 280 g/mol. The molecule has 1 N–H and O–H groups in total. The molecule has 0 aromatic heterocycles. The molecule has 3 rings (SSSR count). The Morgan fingerprint density at radius 2 is 2.20 bits per heavy atom. The molecule has 1 atom stereocenters. The zero-order valence-corrected chi connectivity index (χ0v) is 10.6. The third kappa shape index (κ3) is 1.93. The molecule has 2 saturated heterocycles. The van der Waals surface area contributed by atoms with E-state index in [2.05, 4.69) is 5.32 Å². The van der Waals surface area contributed by atoms with Gasteiger partial charge in [-0.2, -0.15) is 4.39 Å². The van der Waals surface area contributed by atoms with Crippen molar-refractivity contribution in [2.75, 3.05) is 31.1 Å². The van der Waals surface area contributed by atoms with Crippen molar-refractivity contribution >= 4 is 17.4 Å². The molecule has 0 radical (unpaired) electrons. The lowest BCUT2D eigenvalue weighted by atomic mass is 10.1. The number of halogens is 1. The summed E-state index contributed by atoms with van der Waals surface area (Å²) in [7, 11) is 0. The molecule has 1 aromatic carbocycles. The molecular weight excluding hydrogens is 267 g/mol. The molecule has 0 saturated carbocycles. The Bertz CT molecular complexity index is 580. The van der Waals surface area contributed by atoms with Crippen LogP contribution >= 0.6 is 0 Å². The van der Waals surface area contributed by atoms with Gasteiger partial charge in [-0.05, 0) is 12.1 Å². The summed E-state index contributed by atoms with van der Waals surface area (Å²) < 4.78 is 13.6. The lowest BCUT2D eigenvalue weighted by molar-refractivity contribution is -0.386. The first-order chi connectivity index (χ1) is 9.58. The van der Waals surface area contributed by atoms with Crippen molar-refractivity contribution in [1.82, 2.24) is 10.2 Å². The number of urea groups is 1. The molecule has 1 unspecified atom stereocenters. The first-order valence-electron chi connectivity index (χ1n) is 6.30. The van der Waals surface area contributed by atoms with Gasteiger partial charge in [-0.1, -0.05) is 6.07 Å². The number of para-hydroxylation sites is 1. The molecule has 0 aliphatic carbocycles. The maximum absolute atomic E-state index is 13.6. The zero-order valence-electron chi connectivity index (χ0n) is 10.6. The van der Waals surface area contributed by atoms with Crippen molar-refractivity contribution in [2.24, 2.45) is 0 Å². The van der Waals surface area contributed by atoms with Gasteiger partial charge in [0.05, 0.1) is 11.0 Å². The van der Waals surface area contributed by atoms with Crippen molar-refractivity contribution in [3.8, 4) is 0 Å². The van der Waals surface area contributed by atoms with Gasteiger partial charge in [-0.25, -0.2) is 4.79 Å². The number of carbonyl (C=O) groups is 1. The number of nitro benzene ring substituents is 1. The van der Waals surface area contributed by atoms with E-state index < -0.39 is 16.4 Å². The molecule has 20 heavy (non-hydrogen) atoms. The Kier molecular flexibility index (Phi) is 2.92. The van der Waals surface area contributed by atoms with Crippen LogP contribution in [0.3, 0.4) is 0 Å². The van der Waals surface area contributed by atoms with Crippen molar-refractivity contribution in [2.45, 2.75) is 6.04 Å². The Balaban J connectivity index is 1.89.